The fourth-order valence-electron chi connectivity index (χ4n) is 7.95. The van der Waals surface area contributed by atoms with Crippen LogP contribution in [0.25, 0.3) is 0 Å². The van der Waals surface area contributed by atoms with Crippen LogP contribution < -0.4 is 32.3 Å². The molecule has 0 saturated carbocycles. The van der Waals surface area contributed by atoms with Crippen LogP contribution in [0.4, 0.5) is 0 Å². The maximum absolute atomic E-state index is 15.0. The van der Waals surface area contributed by atoms with E-state index in [0.717, 1.165) is 16.7 Å². The van der Waals surface area contributed by atoms with Crippen LogP contribution >= 0.6 is 0 Å². The lowest BCUT2D eigenvalue weighted by molar-refractivity contribution is -0.165. The molecule has 2 heterocycles. The number of nitrogens with one attached hydrogen (secondary N) is 5. The number of hydrogen-bond donors (Lipinski definition) is 8. The number of phenolic OH excluding ortho intramolecular Hbond substituents is 1. The molecule has 0 radical (unpaired) electrons. The summed E-state index contributed by atoms with van der Waals surface area (Å²) in [6.07, 6.45) is -3.91. The van der Waals surface area contributed by atoms with Gasteiger partial charge in [0.25, 0.3) is 0 Å². The smallest absolute Gasteiger partial charge is 0.329 e. The lowest BCUT2D eigenvalue weighted by atomic mass is 9.95. The molecule has 2 aromatic carbocycles. The highest BCUT2D eigenvalue weighted by molar-refractivity contribution is 5.98. The number of nitrogens with two attached hydrogens (primary N) is 1. The Kier molecular flexibility index (Phi) is 18.6. The van der Waals surface area contributed by atoms with Crippen LogP contribution in [0.1, 0.15) is 84.8 Å². The molecular formula is C46H64N8O12. The van der Waals surface area contributed by atoms with Gasteiger partial charge < -0.3 is 57.1 Å². The zero-order valence-electron chi connectivity index (χ0n) is 38.4. The molecule has 0 aliphatic carbocycles. The third kappa shape index (κ3) is 14.2. The number of rotatable bonds is 13. The van der Waals surface area contributed by atoms with Gasteiger partial charge >= 0.3 is 5.97 Å². The molecule has 66 heavy (non-hydrogen) atoms. The number of benzene rings is 2. The van der Waals surface area contributed by atoms with E-state index in [4.69, 9.17) is 10.5 Å². The second-order valence-corrected chi connectivity index (χ2v) is 17.7. The van der Waals surface area contributed by atoms with Crippen LogP contribution in [-0.4, -0.2) is 135 Å². The van der Waals surface area contributed by atoms with E-state index in [0.29, 0.717) is 11.1 Å². The summed E-state index contributed by atoms with van der Waals surface area (Å²) < 4.78 is 5.83. The van der Waals surface area contributed by atoms with Crippen molar-refractivity contribution in [2.24, 2.45) is 17.6 Å². The summed E-state index contributed by atoms with van der Waals surface area (Å²) in [5.74, 6) is -8.50. The van der Waals surface area contributed by atoms with Crippen molar-refractivity contribution in [3.8, 4) is 5.75 Å². The van der Waals surface area contributed by atoms with Crippen LogP contribution in [0, 0.1) is 11.8 Å². The van der Waals surface area contributed by atoms with Gasteiger partial charge in [-0.05, 0) is 67.7 Å². The lowest BCUT2D eigenvalue weighted by Crippen LogP contribution is -2.65. The normalized spacial score (nSPS) is 25.4. The number of piperidine rings is 1. The van der Waals surface area contributed by atoms with Gasteiger partial charge in [0, 0.05) is 33.2 Å². The van der Waals surface area contributed by atoms with Gasteiger partial charge in [0.05, 0.1) is 0 Å². The molecule has 4 rings (SSSR count). The highest BCUT2D eigenvalue weighted by atomic mass is 16.5. The number of amides is 8. The monoisotopic (exact) mass is 920 g/mol. The predicted octanol–water partition coefficient (Wildman–Crippen LogP) is -0.329. The number of carbonyl (C=O) groups excluding carboxylic acids is 9. The minimum atomic E-state index is -1.74. The summed E-state index contributed by atoms with van der Waals surface area (Å²) in [4.78, 5) is 127. The number of primary amides is 1. The molecule has 8 amide bonds. The van der Waals surface area contributed by atoms with Crippen molar-refractivity contribution in [3.63, 3.8) is 0 Å². The van der Waals surface area contributed by atoms with Crippen molar-refractivity contribution < 1.29 is 58.1 Å². The quantitative estimate of drug-likeness (QED) is 0.120. The van der Waals surface area contributed by atoms with Gasteiger partial charge in [0.15, 0.2) is 0 Å². The number of aromatic hydroxyl groups is 1. The van der Waals surface area contributed by atoms with E-state index in [1.165, 1.54) is 26.1 Å². The van der Waals surface area contributed by atoms with Gasteiger partial charge in [-0.1, -0.05) is 70.2 Å². The largest absolute Gasteiger partial charge is 0.508 e. The molecule has 2 aromatic rings. The summed E-state index contributed by atoms with van der Waals surface area (Å²) in [6.45, 7) is 9.23. The molecule has 2 bridgehead atoms. The standard InChI is InChI=1S/C46H64N8O12/c1-24(2)21-33-41(60)49-32-18-20-37(58)54(44(32)63)35(23-28-11-9-8-10-12-28)45(64)53(7)34(22-29-13-15-30(56)16-14-29)42(61)51-38(25(3)4)46(65)66-26(5)39(43(62)50-33)52-40(59)31(48-27(6)55)17-19-36(47)57/h8-16,24-26,31-35,37-39,56,58H,17-23H2,1-7H3,(H2,47,57)(H,48,55)(H,49,60)(H,50,62)(H,51,61)(H,52,59)/t26-,31+,32+,33+,34+,35+,37-,38+,39+/m1/s1. The van der Waals surface area contributed by atoms with E-state index >= 15 is 0 Å². The third-order valence-electron chi connectivity index (χ3n) is 11.6. The molecule has 0 unspecified atom stereocenters. The summed E-state index contributed by atoms with van der Waals surface area (Å²) in [5, 5.41) is 34.5. The van der Waals surface area contributed by atoms with E-state index in [2.05, 4.69) is 26.6 Å². The van der Waals surface area contributed by atoms with Gasteiger partial charge in [0.1, 0.15) is 60.4 Å². The fourth-order valence-corrected chi connectivity index (χ4v) is 7.95. The number of esters is 1. The first-order chi connectivity index (χ1) is 31.1. The zero-order valence-corrected chi connectivity index (χ0v) is 38.4. The molecule has 2 aliphatic heterocycles. The van der Waals surface area contributed by atoms with E-state index < -0.39 is 114 Å². The van der Waals surface area contributed by atoms with Crippen LogP contribution in [0.5, 0.6) is 5.75 Å². The van der Waals surface area contributed by atoms with Gasteiger partial charge in [-0.2, -0.15) is 0 Å². The summed E-state index contributed by atoms with van der Waals surface area (Å²) in [5.41, 5.74) is 6.44. The van der Waals surface area contributed by atoms with E-state index in [1.807, 2.05) is 0 Å². The van der Waals surface area contributed by atoms with Crippen molar-refractivity contribution in [1.29, 1.82) is 0 Å². The average molecular weight is 921 g/mol. The Bertz CT molecular complexity index is 2080. The molecule has 20 nitrogen and oxygen atoms in total. The summed E-state index contributed by atoms with van der Waals surface area (Å²) in [7, 11) is 1.36. The maximum atomic E-state index is 15.0. The van der Waals surface area contributed by atoms with Crippen molar-refractivity contribution in [2.45, 2.75) is 141 Å². The zero-order chi connectivity index (χ0) is 49.0. The second-order valence-electron chi connectivity index (χ2n) is 17.7. The Morgan fingerprint density at radius 1 is 0.833 bits per heavy atom. The van der Waals surface area contributed by atoms with Gasteiger partial charge in [0.2, 0.25) is 47.3 Å². The SMILES string of the molecule is CC(=O)N[C@@H](CCC(N)=O)C(=O)N[C@@H]1C(=O)N[C@@H](CC(C)C)C(=O)N[C@H]2CC[C@@H](O)N(C2=O)[C@@H](Cc2ccccc2)C(=O)N(C)[C@@H](Cc2ccc(O)cc2)C(=O)N[C@@H](C(C)C)C(=O)O[C@@H]1C. The number of fused-ring (bicyclic) bond motifs is 2. The Morgan fingerprint density at radius 3 is 2.05 bits per heavy atom. The van der Waals surface area contributed by atoms with E-state index in [9.17, 15) is 53.4 Å². The number of phenols is 1. The minimum Gasteiger partial charge on any atom is -0.508 e. The molecule has 2 aliphatic rings. The lowest BCUT2D eigenvalue weighted by Gasteiger charge is -2.43. The molecule has 0 spiro atoms. The molecule has 2 fully saturated rings. The summed E-state index contributed by atoms with van der Waals surface area (Å²) in [6, 6.07) is 4.67. The molecule has 9 N–H and O–H groups in total. The summed E-state index contributed by atoms with van der Waals surface area (Å²) >= 11 is 0. The first kappa shape index (κ1) is 52.1. The van der Waals surface area contributed by atoms with Crippen LogP contribution in [0.15, 0.2) is 54.6 Å². The minimum absolute atomic E-state index is 0.0244. The Morgan fingerprint density at radius 2 is 1.45 bits per heavy atom. The number of hydrogen-bond acceptors (Lipinski definition) is 12. The van der Waals surface area contributed by atoms with Crippen molar-refractivity contribution >= 4 is 53.2 Å². The number of aliphatic hydroxyl groups excluding tert-OH is 1. The van der Waals surface area contributed by atoms with E-state index in [-0.39, 0.29) is 56.6 Å². The van der Waals surface area contributed by atoms with Gasteiger partial charge in [-0.25, -0.2) is 4.79 Å². The molecule has 9 atom stereocenters. The average Bonchev–Trinajstić information content (AvgIpc) is 3.25. The van der Waals surface area contributed by atoms with Crippen LogP contribution in [-0.2, 0) is 60.7 Å². The molecular weight excluding hydrogens is 857 g/mol. The topological polar surface area (TPSA) is 296 Å². The molecule has 2 saturated heterocycles. The molecule has 20 heteroatoms. The number of carbonyl (C=O) groups is 9. The highest BCUT2D eigenvalue weighted by Crippen LogP contribution is 2.26. The molecule has 360 valence electrons. The van der Waals surface area contributed by atoms with Crippen molar-refractivity contribution in [3.05, 3.63) is 65.7 Å². The molecule has 0 aromatic heterocycles. The number of nitrogens with zero attached hydrogens (tertiary/aromatic N) is 2. The highest BCUT2D eigenvalue weighted by Gasteiger charge is 2.46. The maximum Gasteiger partial charge on any atom is 0.329 e. The number of aliphatic hydroxyl groups is 1. The first-order valence-corrected chi connectivity index (χ1v) is 22.1. The Hall–Kier alpha value is -6.57. The van der Waals surface area contributed by atoms with Crippen molar-refractivity contribution in [2.75, 3.05) is 7.05 Å². The number of ether oxygens (including phenoxy) is 1. The van der Waals surface area contributed by atoms with Crippen molar-refractivity contribution in [1.82, 2.24) is 36.4 Å². The Balaban J connectivity index is 1.88. The number of likely N-dealkylation sites (N-methyl/N-ethyl adjacent to an activating group) is 1. The third-order valence-corrected chi connectivity index (χ3v) is 11.6. The second kappa shape index (κ2) is 23.6. The van der Waals surface area contributed by atoms with Gasteiger partial charge in [-0.15, -0.1) is 0 Å². The number of cyclic esters (lactones) is 1. The predicted molar refractivity (Wildman–Crippen MR) is 238 cm³/mol. The van der Waals surface area contributed by atoms with Gasteiger partial charge in [-0.3, -0.25) is 38.4 Å². The van der Waals surface area contributed by atoms with Crippen LogP contribution in [0.3, 0.4) is 0 Å². The first-order valence-electron chi connectivity index (χ1n) is 22.1. The van der Waals surface area contributed by atoms with E-state index in [1.54, 1.807) is 70.2 Å². The van der Waals surface area contributed by atoms with Crippen LogP contribution in [0.2, 0.25) is 0 Å². The fraction of sp³-hybridized carbons (Fsp3) is 0.543. The Labute approximate surface area is 384 Å².